The number of nitrogens with zero attached hydrogens (tertiary/aromatic N) is 1. The summed E-state index contributed by atoms with van der Waals surface area (Å²) < 4.78 is 26.7. The minimum absolute atomic E-state index is 0.137. The van der Waals surface area contributed by atoms with Gasteiger partial charge in [-0.1, -0.05) is 6.07 Å². The Bertz CT molecular complexity index is 514. The van der Waals surface area contributed by atoms with E-state index in [0.717, 1.165) is 17.8 Å². The Balaban J connectivity index is 2.23. The Labute approximate surface area is 105 Å². The average molecular weight is 248 g/mol. The van der Waals surface area contributed by atoms with Gasteiger partial charge in [-0.3, -0.25) is 4.98 Å². The predicted molar refractivity (Wildman–Crippen MR) is 66.1 cm³/mol. The normalized spacial score (nSPS) is 12.4. The fourth-order valence-corrected chi connectivity index (χ4v) is 1.86. The topological polar surface area (TPSA) is 24.9 Å². The van der Waals surface area contributed by atoms with E-state index in [-0.39, 0.29) is 6.04 Å². The molecule has 1 heterocycles. The van der Waals surface area contributed by atoms with Gasteiger partial charge in [-0.25, -0.2) is 8.78 Å². The van der Waals surface area contributed by atoms with Crippen LogP contribution in [0.5, 0.6) is 0 Å². The van der Waals surface area contributed by atoms with Crippen LogP contribution in [0.1, 0.15) is 17.3 Å². The zero-order valence-electron chi connectivity index (χ0n) is 10.0. The lowest BCUT2D eigenvalue weighted by atomic mass is 10.0. The highest BCUT2D eigenvalue weighted by molar-refractivity contribution is 5.22. The van der Waals surface area contributed by atoms with E-state index in [2.05, 4.69) is 10.3 Å². The van der Waals surface area contributed by atoms with E-state index in [4.69, 9.17) is 0 Å². The summed E-state index contributed by atoms with van der Waals surface area (Å²) in [5.41, 5.74) is 1.16. The van der Waals surface area contributed by atoms with Crippen molar-refractivity contribution in [3.8, 4) is 0 Å². The minimum Gasteiger partial charge on any atom is -0.311 e. The van der Waals surface area contributed by atoms with Gasteiger partial charge in [-0.05, 0) is 49.4 Å². The minimum atomic E-state index is -0.428. The second kappa shape index (κ2) is 5.69. The molecule has 0 aliphatic rings. The molecule has 0 radical (unpaired) electrons. The largest absolute Gasteiger partial charge is 0.311 e. The van der Waals surface area contributed by atoms with Gasteiger partial charge in [0.15, 0.2) is 0 Å². The summed E-state index contributed by atoms with van der Waals surface area (Å²) in [5.74, 6) is -0.824. The number of hydrogen-bond acceptors (Lipinski definition) is 2. The molecule has 4 heteroatoms. The van der Waals surface area contributed by atoms with Gasteiger partial charge in [0.25, 0.3) is 0 Å². The first-order chi connectivity index (χ1) is 8.70. The smallest absolute Gasteiger partial charge is 0.126 e. The van der Waals surface area contributed by atoms with Crippen LogP contribution in [0, 0.1) is 11.6 Å². The average Bonchev–Trinajstić information content (AvgIpc) is 2.41. The maximum absolute atomic E-state index is 13.6. The zero-order chi connectivity index (χ0) is 13.0. The number of hydrogen-bond donors (Lipinski definition) is 1. The second-order valence-electron chi connectivity index (χ2n) is 4.04. The summed E-state index contributed by atoms with van der Waals surface area (Å²) in [6.07, 6.45) is 2.04. The summed E-state index contributed by atoms with van der Waals surface area (Å²) in [5, 5.41) is 3.06. The van der Waals surface area contributed by atoms with Crippen molar-refractivity contribution in [3.63, 3.8) is 0 Å². The van der Waals surface area contributed by atoms with Gasteiger partial charge in [-0.2, -0.15) is 0 Å². The highest BCUT2D eigenvalue weighted by atomic mass is 19.1. The Morgan fingerprint density at radius 1 is 1.22 bits per heavy atom. The van der Waals surface area contributed by atoms with E-state index in [1.807, 2.05) is 18.2 Å². The van der Waals surface area contributed by atoms with E-state index in [1.165, 1.54) is 6.07 Å². The molecule has 0 bridgehead atoms. The molecule has 2 nitrogen and oxygen atoms in total. The van der Waals surface area contributed by atoms with Gasteiger partial charge in [-0.15, -0.1) is 0 Å². The molecule has 0 amide bonds. The molecule has 0 aliphatic carbocycles. The quantitative estimate of drug-likeness (QED) is 0.900. The maximum Gasteiger partial charge on any atom is 0.126 e. The summed E-state index contributed by atoms with van der Waals surface area (Å²) in [6, 6.07) is 8.90. The summed E-state index contributed by atoms with van der Waals surface area (Å²) >= 11 is 0. The van der Waals surface area contributed by atoms with Crippen LogP contribution in [0.25, 0.3) is 0 Å². The fraction of sp³-hybridized carbons (Fsp3) is 0.214. The van der Waals surface area contributed by atoms with Crippen molar-refractivity contribution >= 4 is 0 Å². The molecular formula is C14H14F2N2. The van der Waals surface area contributed by atoms with Gasteiger partial charge < -0.3 is 5.32 Å². The number of aromatic nitrogens is 1. The molecule has 0 spiro atoms. The van der Waals surface area contributed by atoms with Crippen LogP contribution in [-0.4, -0.2) is 12.0 Å². The first-order valence-electron chi connectivity index (χ1n) is 5.73. The van der Waals surface area contributed by atoms with Gasteiger partial charge in [0.1, 0.15) is 11.6 Å². The lowest BCUT2D eigenvalue weighted by Gasteiger charge is -2.16. The first-order valence-corrected chi connectivity index (χ1v) is 5.73. The van der Waals surface area contributed by atoms with Crippen molar-refractivity contribution in [2.45, 2.75) is 12.5 Å². The van der Waals surface area contributed by atoms with E-state index >= 15 is 0 Å². The molecule has 1 aromatic heterocycles. The van der Waals surface area contributed by atoms with Gasteiger partial charge in [0, 0.05) is 6.20 Å². The van der Waals surface area contributed by atoms with Crippen LogP contribution in [0.15, 0.2) is 42.6 Å². The van der Waals surface area contributed by atoms with Crippen molar-refractivity contribution in [2.24, 2.45) is 0 Å². The van der Waals surface area contributed by atoms with Crippen LogP contribution in [-0.2, 0) is 6.42 Å². The Morgan fingerprint density at radius 2 is 2.06 bits per heavy atom. The van der Waals surface area contributed by atoms with Crippen LogP contribution in [0.3, 0.4) is 0 Å². The summed E-state index contributed by atoms with van der Waals surface area (Å²) in [4.78, 5) is 4.22. The fourth-order valence-electron chi connectivity index (χ4n) is 1.86. The number of nitrogens with one attached hydrogen (secondary N) is 1. The third-order valence-corrected chi connectivity index (χ3v) is 2.83. The Hall–Kier alpha value is -1.81. The van der Waals surface area contributed by atoms with Crippen molar-refractivity contribution in [1.82, 2.24) is 10.3 Å². The van der Waals surface area contributed by atoms with E-state index < -0.39 is 11.6 Å². The molecule has 2 rings (SSSR count). The van der Waals surface area contributed by atoms with Crippen molar-refractivity contribution < 1.29 is 8.78 Å². The number of halogens is 2. The highest BCUT2D eigenvalue weighted by Crippen LogP contribution is 2.19. The van der Waals surface area contributed by atoms with Crippen LogP contribution in [0.4, 0.5) is 8.78 Å². The monoisotopic (exact) mass is 248 g/mol. The molecule has 1 unspecified atom stereocenters. The Morgan fingerprint density at radius 3 is 2.72 bits per heavy atom. The van der Waals surface area contributed by atoms with E-state index in [1.54, 1.807) is 13.2 Å². The van der Waals surface area contributed by atoms with Gasteiger partial charge in [0.2, 0.25) is 0 Å². The van der Waals surface area contributed by atoms with Gasteiger partial charge in [0.05, 0.1) is 11.7 Å². The lowest BCUT2D eigenvalue weighted by molar-refractivity contribution is 0.536. The predicted octanol–water partition coefficient (Wildman–Crippen LogP) is 2.86. The highest BCUT2D eigenvalue weighted by Gasteiger charge is 2.14. The SMILES string of the molecule is CNC(Cc1cc(F)ccc1F)c1ccccn1. The molecule has 0 fully saturated rings. The molecule has 0 saturated heterocycles. The van der Waals surface area contributed by atoms with Gasteiger partial charge >= 0.3 is 0 Å². The molecular weight excluding hydrogens is 234 g/mol. The van der Waals surface area contributed by atoms with Crippen molar-refractivity contribution in [1.29, 1.82) is 0 Å². The zero-order valence-corrected chi connectivity index (χ0v) is 10.0. The third kappa shape index (κ3) is 2.90. The van der Waals surface area contributed by atoms with E-state index in [0.29, 0.717) is 12.0 Å². The number of benzene rings is 1. The molecule has 94 valence electrons. The summed E-state index contributed by atoms with van der Waals surface area (Å²) in [7, 11) is 1.77. The van der Waals surface area contributed by atoms with Crippen LogP contribution in [0.2, 0.25) is 0 Å². The molecule has 1 atom stereocenters. The van der Waals surface area contributed by atoms with Crippen molar-refractivity contribution in [3.05, 3.63) is 65.5 Å². The summed E-state index contributed by atoms with van der Waals surface area (Å²) in [6.45, 7) is 0. The molecule has 2 aromatic rings. The standard InChI is InChI=1S/C14H14F2N2/c1-17-14(13-4-2-3-7-18-13)9-10-8-11(15)5-6-12(10)16/h2-8,14,17H,9H2,1H3. The first kappa shape index (κ1) is 12.6. The number of likely N-dealkylation sites (N-methyl/N-ethyl adjacent to an activating group) is 1. The number of rotatable bonds is 4. The Kier molecular flexibility index (Phi) is 3.99. The third-order valence-electron chi connectivity index (χ3n) is 2.83. The molecule has 18 heavy (non-hydrogen) atoms. The van der Waals surface area contributed by atoms with E-state index in [9.17, 15) is 8.78 Å². The molecule has 1 aromatic carbocycles. The molecule has 0 saturated carbocycles. The maximum atomic E-state index is 13.6. The van der Waals surface area contributed by atoms with Crippen LogP contribution >= 0.6 is 0 Å². The number of pyridine rings is 1. The molecule has 1 N–H and O–H groups in total. The molecule has 0 aliphatic heterocycles. The lowest BCUT2D eigenvalue weighted by Crippen LogP contribution is -2.20. The van der Waals surface area contributed by atoms with Crippen molar-refractivity contribution in [2.75, 3.05) is 7.05 Å². The second-order valence-corrected chi connectivity index (χ2v) is 4.04. The van der Waals surface area contributed by atoms with Crippen LogP contribution < -0.4 is 5.32 Å².